The highest BCUT2D eigenvalue weighted by Crippen LogP contribution is 2.26. The van der Waals surface area contributed by atoms with Crippen molar-refractivity contribution in [1.29, 1.82) is 5.26 Å². The van der Waals surface area contributed by atoms with Gasteiger partial charge in [0.15, 0.2) is 0 Å². The van der Waals surface area contributed by atoms with Crippen molar-refractivity contribution in [3.63, 3.8) is 0 Å². The molecule has 1 aromatic heterocycles. The number of carbonyl (C=O) groups is 1. The van der Waals surface area contributed by atoms with Gasteiger partial charge in [0.1, 0.15) is 6.42 Å². The van der Waals surface area contributed by atoms with Crippen LogP contribution in [0.25, 0.3) is 0 Å². The van der Waals surface area contributed by atoms with Crippen molar-refractivity contribution >= 4 is 28.8 Å². The molecule has 5 heteroatoms. The van der Waals surface area contributed by atoms with Gasteiger partial charge in [-0.25, -0.2) is 0 Å². The molecule has 0 aliphatic rings. The molecule has 74 valence electrons. The van der Waals surface area contributed by atoms with E-state index in [2.05, 4.69) is 5.32 Å². The molecule has 0 bridgehead atoms. The highest BCUT2D eigenvalue weighted by molar-refractivity contribution is 7.16. The summed E-state index contributed by atoms with van der Waals surface area (Å²) in [7, 11) is 0. The van der Waals surface area contributed by atoms with Crippen LogP contribution in [0.15, 0.2) is 12.1 Å². The van der Waals surface area contributed by atoms with E-state index in [1.165, 1.54) is 11.3 Å². The van der Waals surface area contributed by atoms with Gasteiger partial charge in [-0.05, 0) is 19.1 Å². The maximum Gasteiger partial charge on any atom is 0.234 e. The van der Waals surface area contributed by atoms with Crippen LogP contribution in [0.5, 0.6) is 0 Å². The van der Waals surface area contributed by atoms with Crippen molar-refractivity contribution in [3.05, 3.63) is 21.3 Å². The maximum absolute atomic E-state index is 11.1. The monoisotopic (exact) mass is 228 g/mol. The third-order valence-electron chi connectivity index (χ3n) is 1.64. The molecule has 1 N–H and O–H groups in total. The van der Waals surface area contributed by atoms with E-state index >= 15 is 0 Å². The number of amides is 1. The van der Waals surface area contributed by atoms with Gasteiger partial charge in [-0.2, -0.15) is 5.26 Å². The first-order valence-corrected chi connectivity index (χ1v) is 5.24. The summed E-state index contributed by atoms with van der Waals surface area (Å²) in [6.45, 7) is 1.86. The van der Waals surface area contributed by atoms with Gasteiger partial charge < -0.3 is 5.32 Å². The molecule has 1 aromatic rings. The average molecular weight is 229 g/mol. The van der Waals surface area contributed by atoms with Crippen LogP contribution in [0.2, 0.25) is 4.34 Å². The van der Waals surface area contributed by atoms with E-state index in [0.29, 0.717) is 4.34 Å². The van der Waals surface area contributed by atoms with Crippen molar-refractivity contribution in [2.45, 2.75) is 19.4 Å². The van der Waals surface area contributed by atoms with Crippen molar-refractivity contribution in [2.75, 3.05) is 0 Å². The Kier molecular flexibility index (Phi) is 3.93. The van der Waals surface area contributed by atoms with E-state index in [1.54, 1.807) is 12.1 Å². The van der Waals surface area contributed by atoms with Gasteiger partial charge in [0.25, 0.3) is 0 Å². The summed E-state index contributed by atoms with van der Waals surface area (Å²) in [5.41, 5.74) is 0. The lowest BCUT2D eigenvalue weighted by atomic mass is 10.2. The number of nitriles is 1. The van der Waals surface area contributed by atoms with Crippen molar-refractivity contribution in [1.82, 2.24) is 5.32 Å². The number of rotatable bonds is 3. The second kappa shape index (κ2) is 4.99. The molecule has 0 saturated carbocycles. The fourth-order valence-corrected chi connectivity index (χ4v) is 2.06. The molecule has 1 atom stereocenters. The molecule has 0 saturated heterocycles. The average Bonchev–Trinajstić information content (AvgIpc) is 2.52. The van der Waals surface area contributed by atoms with Crippen LogP contribution in [0.3, 0.4) is 0 Å². The summed E-state index contributed by atoms with van der Waals surface area (Å²) in [5, 5.41) is 11.0. The smallest absolute Gasteiger partial charge is 0.234 e. The zero-order valence-electron chi connectivity index (χ0n) is 7.58. The molecule has 0 spiro atoms. The van der Waals surface area contributed by atoms with Gasteiger partial charge in [0.05, 0.1) is 16.4 Å². The van der Waals surface area contributed by atoms with Gasteiger partial charge in [-0.15, -0.1) is 11.3 Å². The van der Waals surface area contributed by atoms with E-state index in [9.17, 15) is 4.79 Å². The molecule has 0 aromatic carbocycles. The Labute approximate surface area is 91.3 Å². The summed E-state index contributed by atoms with van der Waals surface area (Å²) in [4.78, 5) is 12.1. The lowest BCUT2D eigenvalue weighted by Crippen LogP contribution is -2.25. The summed E-state index contributed by atoms with van der Waals surface area (Å²) in [6.07, 6.45) is -0.108. The predicted octanol–water partition coefficient (Wildman–Crippen LogP) is 2.49. The van der Waals surface area contributed by atoms with E-state index in [4.69, 9.17) is 16.9 Å². The zero-order chi connectivity index (χ0) is 10.6. The Bertz CT molecular complexity index is 369. The summed E-state index contributed by atoms with van der Waals surface area (Å²) in [6, 6.07) is 5.36. The van der Waals surface area contributed by atoms with Gasteiger partial charge in [-0.1, -0.05) is 11.6 Å². The molecule has 1 rings (SSSR count). The van der Waals surface area contributed by atoms with E-state index in [1.807, 2.05) is 13.0 Å². The summed E-state index contributed by atoms with van der Waals surface area (Å²) in [5.74, 6) is -0.260. The first-order chi connectivity index (χ1) is 6.63. The van der Waals surface area contributed by atoms with Crippen LogP contribution in [0.1, 0.15) is 24.3 Å². The molecule has 14 heavy (non-hydrogen) atoms. The minimum absolute atomic E-state index is 0.0895. The molecular weight excluding hydrogens is 220 g/mol. The quantitative estimate of drug-likeness (QED) is 0.864. The van der Waals surface area contributed by atoms with Crippen molar-refractivity contribution in [3.8, 4) is 6.07 Å². The Balaban J connectivity index is 2.55. The Hall–Kier alpha value is -1.05. The van der Waals surface area contributed by atoms with Gasteiger partial charge in [0, 0.05) is 4.88 Å². The molecule has 3 nitrogen and oxygen atoms in total. The van der Waals surface area contributed by atoms with Crippen LogP contribution in [0.4, 0.5) is 0 Å². The molecule has 0 aliphatic heterocycles. The molecule has 1 heterocycles. The minimum atomic E-state index is -0.260. The first-order valence-electron chi connectivity index (χ1n) is 4.05. The van der Waals surface area contributed by atoms with Crippen molar-refractivity contribution in [2.24, 2.45) is 0 Å². The third-order valence-corrected chi connectivity index (χ3v) is 3.05. The van der Waals surface area contributed by atoms with Crippen LogP contribution in [-0.4, -0.2) is 5.91 Å². The van der Waals surface area contributed by atoms with Crippen LogP contribution in [0, 0.1) is 11.3 Å². The highest BCUT2D eigenvalue weighted by atomic mass is 35.5. The molecule has 1 unspecified atom stereocenters. The fraction of sp³-hybridized carbons (Fsp3) is 0.333. The third kappa shape index (κ3) is 3.02. The minimum Gasteiger partial charge on any atom is -0.348 e. The highest BCUT2D eigenvalue weighted by Gasteiger charge is 2.10. The normalized spacial score (nSPS) is 11.8. The number of nitrogens with zero attached hydrogens (tertiary/aromatic N) is 1. The fourth-order valence-electron chi connectivity index (χ4n) is 0.996. The molecule has 1 amide bonds. The lowest BCUT2D eigenvalue weighted by Gasteiger charge is -2.09. The van der Waals surface area contributed by atoms with Crippen LogP contribution in [-0.2, 0) is 4.79 Å². The number of hydrogen-bond acceptors (Lipinski definition) is 3. The number of halogens is 1. The van der Waals surface area contributed by atoms with E-state index in [-0.39, 0.29) is 18.4 Å². The summed E-state index contributed by atoms with van der Waals surface area (Å²) >= 11 is 7.18. The number of carbonyl (C=O) groups excluding carboxylic acids is 1. The second-order valence-electron chi connectivity index (χ2n) is 2.77. The Morgan fingerprint density at radius 3 is 3.00 bits per heavy atom. The van der Waals surface area contributed by atoms with Crippen molar-refractivity contribution < 1.29 is 4.79 Å². The molecular formula is C9H9ClN2OS. The van der Waals surface area contributed by atoms with E-state index < -0.39 is 0 Å². The zero-order valence-corrected chi connectivity index (χ0v) is 9.15. The topological polar surface area (TPSA) is 52.9 Å². The Morgan fingerprint density at radius 1 is 1.79 bits per heavy atom. The number of nitrogens with one attached hydrogen (secondary N) is 1. The van der Waals surface area contributed by atoms with Gasteiger partial charge in [-0.3, -0.25) is 4.79 Å². The Morgan fingerprint density at radius 2 is 2.50 bits per heavy atom. The van der Waals surface area contributed by atoms with Gasteiger partial charge >= 0.3 is 0 Å². The molecule has 0 radical (unpaired) electrons. The lowest BCUT2D eigenvalue weighted by molar-refractivity contribution is -0.120. The SMILES string of the molecule is CC(NC(=O)CC#N)c1ccc(Cl)s1. The second-order valence-corrected chi connectivity index (χ2v) is 4.51. The standard InChI is InChI=1S/C9H9ClN2OS/c1-6(12-9(13)4-5-11)7-2-3-8(10)14-7/h2-3,6H,4H2,1H3,(H,12,13). The maximum atomic E-state index is 11.1. The largest absolute Gasteiger partial charge is 0.348 e. The number of thiophene rings is 1. The van der Waals surface area contributed by atoms with Gasteiger partial charge in [0.2, 0.25) is 5.91 Å². The number of hydrogen-bond donors (Lipinski definition) is 1. The predicted molar refractivity (Wildman–Crippen MR) is 56.1 cm³/mol. The molecule has 0 aliphatic carbocycles. The molecule has 0 fully saturated rings. The van der Waals surface area contributed by atoms with E-state index in [0.717, 1.165) is 4.88 Å². The van der Waals surface area contributed by atoms with Crippen LogP contribution < -0.4 is 5.32 Å². The van der Waals surface area contributed by atoms with Crippen LogP contribution >= 0.6 is 22.9 Å². The summed E-state index contributed by atoms with van der Waals surface area (Å²) < 4.78 is 0.696. The first kappa shape index (κ1) is 11.0.